The standard InChI is InChI=1S/C24H22ClNO5S/c1-31-20-9-5-16(6-10-20)17-3-2-4-21(13-17)32(29,30)26-15-18(7-12-24(27)28)22-14-19(25)8-11-23(22)26/h2-6,8-11,13-14,18H,7,12,15H2,1H3,(H,27,28). The normalized spacial score (nSPS) is 15.4. The Balaban J connectivity index is 1.70. The lowest BCUT2D eigenvalue weighted by atomic mass is 9.96. The molecule has 0 aliphatic carbocycles. The van der Waals surface area contributed by atoms with Gasteiger partial charge in [0.1, 0.15) is 5.75 Å². The van der Waals surface area contributed by atoms with Gasteiger partial charge in [-0.3, -0.25) is 9.10 Å². The Hall–Kier alpha value is -3.03. The molecule has 0 saturated carbocycles. The number of hydrogen-bond donors (Lipinski definition) is 1. The number of hydrogen-bond acceptors (Lipinski definition) is 4. The molecule has 1 atom stereocenters. The summed E-state index contributed by atoms with van der Waals surface area (Å²) in [6.07, 6.45) is 0.290. The molecule has 1 heterocycles. The molecule has 166 valence electrons. The minimum Gasteiger partial charge on any atom is -0.497 e. The van der Waals surface area contributed by atoms with E-state index in [1.165, 1.54) is 4.31 Å². The van der Waals surface area contributed by atoms with Crippen molar-refractivity contribution < 1.29 is 23.1 Å². The monoisotopic (exact) mass is 471 g/mol. The van der Waals surface area contributed by atoms with Gasteiger partial charge in [0.2, 0.25) is 0 Å². The second-order valence-electron chi connectivity index (χ2n) is 7.62. The van der Waals surface area contributed by atoms with Crippen molar-refractivity contribution in [3.8, 4) is 16.9 Å². The second-order valence-corrected chi connectivity index (χ2v) is 9.92. The van der Waals surface area contributed by atoms with Crippen LogP contribution in [0.5, 0.6) is 5.75 Å². The van der Waals surface area contributed by atoms with E-state index in [9.17, 15) is 13.2 Å². The van der Waals surface area contributed by atoms with Crippen molar-refractivity contribution in [3.63, 3.8) is 0 Å². The Kier molecular flexibility index (Phi) is 6.13. The zero-order valence-electron chi connectivity index (χ0n) is 17.4. The molecule has 0 bridgehead atoms. The molecule has 0 saturated heterocycles. The van der Waals surface area contributed by atoms with Crippen molar-refractivity contribution in [3.05, 3.63) is 77.3 Å². The highest BCUT2D eigenvalue weighted by molar-refractivity contribution is 7.92. The Labute approximate surface area is 192 Å². The molecule has 3 aromatic carbocycles. The van der Waals surface area contributed by atoms with Crippen LogP contribution < -0.4 is 9.04 Å². The van der Waals surface area contributed by atoms with Crippen LogP contribution >= 0.6 is 11.6 Å². The number of fused-ring (bicyclic) bond motifs is 1. The van der Waals surface area contributed by atoms with E-state index in [0.717, 1.165) is 22.4 Å². The zero-order chi connectivity index (χ0) is 22.9. The van der Waals surface area contributed by atoms with Crippen molar-refractivity contribution in [1.82, 2.24) is 0 Å². The number of carboxylic acid groups (broad SMARTS) is 1. The van der Waals surface area contributed by atoms with E-state index >= 15 is 0 Å². The molecule has 6 nitrogen and oxygen atoms in total. The van der Waals surface area contributed by atoms with Gasteiger partial charge >= 0.3 is 5.97 Å². The molecule has 4 rings (SSSR count). The third-order valence-electron chi connectivity index (χ3n) is 5.64. The first kappa shape index (κ1) is 22.2. The van der Waals surface area contributed by atoms with Gasteiger partial charge in [-0.05, 0) is 65.6 Å². The van der Waals surface area contributed by atoms with E-state index in [-0.39, 0.29) is 23.8 Å². The maximum absolute atomic E-state index is 13.6. The van der Waals surface area contributed by atoms with E-state index < -0.39 is 16.0 Å². The molecule has 0 spiro atoms. The quantitative estimate of drug-likeness (QED) is 0.513. The molecule has 1 unspecified atom stereocenters. The van der Waals surface area contributed by atoms with Crippen molar-refractivity contribution >= 4 is 33.3 Å². The summed E-state index contributed by atoms with van der Waals surface area (Å²) in [5.74, 6) is -0.432. The summed E-state index contributed by atoms with van der Waals surface area (Å²) >= 11 is 6.15. The largest absolute Gasteiger partial charge is 0.497 e. The molecule has 0 fully saturated rings. The first-order valence-electron chi connectivity index (χ1n) is 10.1. The molecule has 0 radical (unpaired) electrons. The van der Waals surface area contributed by atoms with Crippen molar-refractivity contribution in [2.45, 2.75) is 23.7 Å². The number of ether oxygens (including phenoxy) is 1. The number of nitrogens with zero attached hydrogens (tertiary/aromatic N) is 1. The molecule has 0 aromatic heterocycles. The van der Waals surface area contributed by atoms with Gasteiger partial charge in [-0.2, -0.15) is 0 Å². The second kappa shape index (κ2) is 8.84. The number of carbonyl (C=O) groups is 1. The van der Waals surface area contributed by atoms with Crippen LogP contribution in [0.2, 0.25) is 5.02 Å². The third-order valence-corrected chi connectivity index (χ3v) is 7.65. The maximum atomic E-state index is 13.6. The van der Waals surface area contributed by atoms with E-state index in [4.69, 9.17) is 21.4 Å². The van der Waals surface area contributed by atoms with Crippen LogP contribution in [0.3, 0.4) is 0 Å². The highest BCUT2D eigenvalue weighted by Crippen LogP contribution is 2.43. The number of carboxylic acids is 1. The van der Waals surface area contributed by atoms with Crippen LogP contribution in [0, 0.1) is 0 Å². The molecule has 8 heteroatoms. The Morgan fingerprint density at radius 1 is 1.09 bits per heavy atom. The summed E-state index contributed by atoms with van der Waals surface area (Å²) in [7, 11) is -2.27. The summed E-state index contributed by atoms with van der Waals surface area (Å²) < 4.78 is 33.8. The van der Waals surface area contributed by atoms with Crippen LogP contribution in [0.25, 0.3) is 11.1 Å². The number of aliphatic carboxylic acids is 1. The smallest absolute Gasteiger partial charge is 0.303 e. The molecule has 1 aliphatic heterocycles. The maximum Gasteiger partial charge on any atom is 0.303 e. The SMILES string of the molecule is COc1ccc(-c2cccc(S(=O)(=O)N3CC(CCC(=O)O)c4cc(Cl)ccc43)c2)cc1. The number of halogens is 1. The van der Waals surface area contributed by atoms with Crippen LogP contribution in [-0.4, -0.2) is 33.1 Å². The van der Waals surface area contributed by atoms with Crippen LogP contribution in [-0.2, 0) is 14.8 Å². The summed E-state index contributed by atoms with van der Waals surface area (Å²) in [5.41, 5.74) is 2.94. The Morgan fingerprint density at radius 2 is 1.84 bits per heavy atom. The molecular weight excluding hydrogens is 450 g/mol. The van der Waals surface area contributed by atoms with E-state index in [1.807, 2.05) is 30.3 Å². The summed E-state index contributed by atoms with van der Waals surface area (Å²) in [4.78, 5) is 11.3. The Morgan fingerprint density at radius 3 is 2.53 bits per heavy atom. The number of anilines is 1. The molecule has 3 aromatic rings. The van der Waals surface area contributed by atoms with Gasteiger partial charge in [0.15, 0.2) is 0 Å². The van der Waals surface area contributed by atoms with Crippen LogP contribution in [0.15, 0.2) is 71.6 Å². The van der Waals surface area contributed by atoms with E-state index in [0.29, 0.717) is 17.1 Å². The average Bonchev–Trinajstić information content (AvgIpc) is 3.16. The number of rotatable bonds is 7. The lowest BCUT2D eigenvalue weighted by Crippen LogP contribution is -2.30. The number of methoxy groups -OCH3 is 1. The van der Waals surface area contributed by atoms with E-state index in [1.54, 1.807) is 43.5 Å². The van der Waals surface area contributed by atoms with Gasteiger partial charge in [-0.15, -0.1) is 0 Å². The number of benzene rings is 3. The molecule has 32 heavy (non-hydrogen) atoms. The molecule has 1 aliphatic rings. The molecular formula is C24H22ClNO5S. The average molecular weight is 472 g/mol. The topological polar surface area (TPSA) is 83.9 Å². The summed E-state index contributed by atoms with van der Waals surface area (Å²) in [6.45, 7) is 0.179. The predicted octanol–water partition coefficient (Wildman–Crippen LogP) is 5.17. The van der Waals surface area contributed by atoms with E-state index in [2.05, 4.69) is 0 Å². The highest BCUT2D eigenvalue weighted by atomic mass is 35.5. The highest BCUT2D eigenvalue weighted by Gasteiger charge is 2.36. The van der Waals surface area contributed by atoms with Gasteiger partial charge < -0.3 is 9.84 Å². The lowest BCUT2D eigenvalue weighted by Gasteiger charge is -2.20. The van der Waals surface area contributed by atoms with Crippen LogP contribution in [0.4, 0.5) is 5.69 Å². The van der Waals surface area contributed by atoms with Gasteiger partial charge in [0.05, 0.1) is 17.7 Å². The summed E-state index contributed by atoms with van der Waals surface area (Å²) in [6, 6.07) is 19.3. The molecule has 0 amide bonds. The Bertz CT molecular complexity index is 1260. The van der Waals surface area contributed by atoms with Crippen molar-refractivity contribution in [2.75, 3.05) is 18.0 Å². The van der Waals surface area contributed by atoms with Crippen molar-refractivity contribution in [1.29, 1.82) is 0 Å². The fourth-order valence-corrected chi connectivity index (χ4v) is 5.76. The van der Waals surface area contributed by atoms with Crippen LogP contribution in [0.1, 0.15) is 24.3 Å². The van der Waals surface area contributed by atoms with Gasteiger partial charge in [-0.1, -0.05) is 35.9 Å². The first-order valence-corrected chi connectivity index (χ1v) is 11.9. The predicted molar refractivity (Wildman–Crippen MR) is 124 cm³/mol. The fraction of sp³-hybridized carbons (Fsp3) is 0.208. The van der Waals surface area contributed by atoms with Crippen molar-refractivity contribution in [2.24, 2.45) is 0 Å². The minimum atomic E-state index is -3.86. The third kappa shape index (κ3) is 4.31. The fourth-order valence-electron chi connectivity index (χ4n) is 4.00. The summed E-state index contributed by atoms with van der Waals surface area (Å²) in [5, 5.41) is 9.58. The first-order chi connectivity index (χ1) is 15.3. The zero-order valence-corrected chi connectivity index (χ0v) is 18.9. The van der Waals surface area contributed by atoms with Gasteiger partial charge in [0, 0.05) is 23.9 Å². The van der Waals surface area contributed by atoms with Gasteiger partial charge in [-0.25, -0.2) is 8.42 Å². The number of sulfonamides is 1. The molecule has 1 N–H and O–H groups in total. The minimum absolute atomic E-state index is 0.0442. The lowest BCUT2D eigenvalue weighted by molar-refractivity contribution is -0.137. The van der Waals surface area contributed by atoms with Gasteiger partial charge in [0.25, 0.3) is 10.0 Å².